The van der Waals surface area contributed by atoms with E-state index in [0.29, 0.717) is 0 Å². The zero-order valence-corrected chi connectivity index (χ0v) is 15.7. The summed E-state index contributed by atoms with van der Waals surface area (Å²) in [4.78, 5) is 4.30. The normalized spacial score (nSPS) is 15.9. The molecule has 1 fully saturated rings. The van der Waals surface area contributed by atoms with Crippen molar-refractivity contribution < 1.29 is 4.52 Å². The average molecular weight is 335 g/mol. The zero-order chi connectivity index (χ0) is 17.2. The fourth-order valence-corrected chi connectivity index (χ4v) is 3.62. The molecule has 1 aromatic rings. The van der Waals surface area contributed by atoms with E-state index < -0.39 is 0 Å². The van der Waals surface area contributed by atoms with Crippen molar-refractivity contribution in [2.24, 2.45) is 10.9 Å². The predicted molar refractivity (Wildman–Crippen MR) is 99.5 cm³/mol. The molecule has 2 N–H and O–H groups in total. The second-order valence-electron chi connectivity index (χ2n) is 6.98. The van der Waals surface area contributed by atoms with Gasteiger partial charge in [-0.15, -0.1) is 0 Å². The first-order chi connectivity index (χ1) is 11.7. The van der Waals surface area contributed by atoms with Crippen LogP contribution in [0.2, 0.25) is 0 Å². The maximum Gasteiger partial charge on any atom is 0.190 e. The largest absolute Gasteiger partial charge is 0.361 e. The van der Waals surface area contributed by atoms with Crippen molar-refractivity contribution in [3.8, 4) is 0 Å². The smallest absolute Gasteiger partial charge is 0.190 e. The Balaban J connectivity index is 1.52. The van der Waals surface area contributed by atoms with Crippen molar-refractivity contribution in [3.05, 3.63) is 17.0 Å². The molecule has 0 bridgehead atoms. The molecule has 2 rings (SSSR count). The first-order valence-electron chi connectivity index (χ1n) is 9.57. The molecule has 136 valence electrons. The van der Waals surface area contributed by atoms with E-state index in [1.165, 1.54) is 50.5 Å². The minimum absolute atomic E-state index is 0.909. The van der Waals surface area contributed by atoms with Gasteiger partial charge in [0.25, 0.3) is 0 Å². The fourth-order valence-electron chi connectivity index (χ4n) is 3.62. The number of hydrogen-bond donors (Lipinski definition) is 2. The highest BCUT2D eigenvalue weighted by Gasteiger charge is 2.13. The lowest BCUT2D eigenvalue weighted by atomic mass is 10.0. The van der Waals surface area contributed by atoms with Crippen molar-refractivity contribution in [3.63, 3.8) is 0 Å². The maximum absolute atomic E-state index is 5.20. The van der Waals surface area contributed by atoms with E-state index in [2.05, 4.69) is 20.8 Å². The van der Waals surface area contributed by atoms with Crippen LogP contribution >= 0.6 is 0 Å². The molecule has 0 saturated heterocycles. The van der Waals surface area contributed by atoms with Crippen molar-refractivity contribution >= 4 is 5.96 Å². The highest BCUT2D eigenvalue weighted by molar-refractivity contribution is 5.79. The van der Waals surface area contributed by atoms with E-state index in [9.17, 15) is 0 Å². The lowest BCUT2D eigenvalue weighted by Crippen LogP contribution is -2.38. The number of aryl methyl sites for hydroxylation is 2. The van der Waals surface area contributed by atoms with Gasteiger partial charge in [-0.1, -0.05) is 43.7 Å². The molecule has 5 heteroatoms. The molecular weight excluding hydrogens is 300 g/mol. The number of hydrogen-bond acceptors (Lipinski definition) is 3. The van der Waals surface area contributed by atoms with Gasteiger partial charge in [0.05, 0.1) is 5.69 Å². The van der Waals surface area contributed by atoms with E-state index >= 15 is 0 Å². The second-order valence-corrected chi connectivity index (χ2v) is 6.98. The Morgan fingerprint density at radius 3 is 2.46 bits per heavy atom. The summed E-state index contributed by atoms with van der Waals surface area (Å²) in [6.07, 6.45) is 11.8. The third-order valence-electron chi connectivity index (χ3n) is 5.11. The van der Waals surface area contributed by atoms with Gasteiger partial charge >= 0.3 is 0 Å². The molecule has 5 nitrogen and oxygen atoms in total. The van der Waals surface area contributed by atoms with Gasteiger partial charge in [-0.3, -0.25) is 4.99 Å². The molecule has 1 saturated carbocycles. The quantitative estimate of drug-likeness (QED) is 0.410. The number of nitrogens with zero attached hydrogens (tertiary/aromatic N) is 2. The summed E-state index contributed by atoms with van der Waals surface area (Å²) < 4.78 is 5.20. The van der Waals surface area contributed by atoms with Gasteiger partial charge < -0.3 is 15.2 Å². The predicted octanol–water partition coefficient (Wildman–Crippen LogP) is 3.75. The van der Waals surface area contributed by atoms with Gasteiger partial charge in [-0.05, 0) is 39.0 Å². The molecule has 1 heterocycles. The summed E-state index contributed by atoms with van der Waals surface area (Å²) in [5.41, 5.74) is 2.25. The first kappa shape index (κ1) is 18.8. The van der Waals surface area contributed by atoms with Crippen molar-refractivity contribution in [2.75, 3.05) is 20.1 Å². The number of aliphatic imine (C=N–C) groups is 1. The van der Waals surface area contributed by atoms with Gasteiger partial charge in [0.2, 0.25) is 0 Å². The van der Waals surface area contributed by atoms with Crippen LogP contribution < -0.4 is 10.6 Å². The van der Waals surface area contributed by atoms with Crippen molar-refractivity contribution in [2.45, 2.75) is 71.6 Å². The van der Waals surface area contributed by atoms with E-state index in [4.69, 9.17) is 4.52 Å². The molecule has 0 amide bonds. The Labute approximate surface area is 146 Å². The van der Waals surface area contributed by atoms with Crippen LogP contribution in [0.5, 0.6) is 0 Å². The number of unbranched alkanes of at least 4 members (excludes halogenated alkanes) is 1. The van der Waals surface area contributed by atoms with Gasteiger partial charge in [0, 0.05) is 25.7 Å². The molecule has 0 aliphatic heterocycles. The minimum atomic E-state index is 0.909. The molecule has 0 atom stereocenters. The second kappa shape index (κ2) is 10.4. The van der Waals surface area contributed by atoms with Crippen LogP contribution in [0.15, 0.2) is 9.52 Å². The molecular formula is C19H34N4O. The summed E-state index contributed by atoms with van der Waals surface area (Å²) >= 11 is 0. The van der Waals surface area contributed by atoms with Crippen LogP contribution in [0.25, 0.3) is 0 Å². The third-order valence-corrected chi connectivity index (χ3v) is 5.11. The Kier molecular flexibility index (Phi) is 8.13. The standard InChI is InChI=1S/C19H34N4O/c1-15-18(16(2)24-23-15)12-8-14-22-19(20-3)21-13-7-6-11-17-9-4-5-10-17/h17H,4-14H2,1-3H3,(H2,20,21,22). The van der Waals surface area contributed by atoms with Crippen LogP contribution in [-0.4, -0.2) is 31.3 Å². The monoisotopic (exact) mass is 334 g/mol. The highest BCUT2D eigenvalue weighted by atomic mass is 16.5. The van der Waals surface area contributed by atoms with E-state index in [1.54, 1.807) is 0 Å². The average Bonchev–Trinajstić information content (AvgIpc) is 3.20. The summed E-state index contributed by atoms with van der Waals surface area (Å²) in [5.74, 6) is 2.86. The number of guanidine groups is 1. The molecule has 0 spiro atoms. The van der Waals surface area contributed by atoms with Gasteiger partial charge in [0.1, 0.15) is 5.76 Å². The molecule has 1 aliphatic carbocycles. The summed E-state index contributed by atoms with van der Waals surface area (Å²) in [7, 11) is 1.84. The molecule has 1 aromatic heterocycles. The number of rotatable bonds is 9. The molecule has 0 aromatic carbocycles. The number of aromatic nitrogens is 1. The summed E-state index contributed by atoms with van der Waals surface area (Å²) in [6, 6.07) is 0. The lowest BCUT2D eigenvalue weighted by Gasteiger charge is -2.12. The van der Waals surface area contributed by atoms with Crippen molar-refractivity contribution in [1.82, 2.24) is 15.8 Å². The Morgan fingerprint density at radius 2 is 1.83 bits per heavy atom. The third kappa shape index (κ3) is 6.17. The molecule has 1 aliphatic rings. The zero-order valence-electron chi connectivity index (χ0n) is 15.7. The summed E-state index contributed by atoms with van der Waals surface area (Å²) in [5, 5.41) is 10.8. The maximum atomic E-state index is 5.20. The van der Waals surface area contributed by atoms with Crippen LogP contribution in [0.1, 0.15) is 68.4 Å². The Bertz CT molecular complexity index is 484. The van der Waals surface area contributed by atoms with Gasteiger partial charge in [-0.2, -0.15) is 0 Å². The van der Waals surface area contributed by atoms with E-state index in [-0.39, 0.29) is 0 Å². The van der Waals surface area contributed by atoms with E-state index in [0.717, 1.165) is 49.3 Å². The Hall–Kier alpha value is -1.52. The van der Waals surface area contributed by atoms with Crippen LogP contribution in [-0.2, 0) is 6.42 Å². The van der Waals surface area contributed by atoms with E-state index in [1.807, 2.05) is 20.9 Å². The molecule has 0 unspecified atom stereocenters. The minimum Gasteiger partial charge on any atom is -0.361 e. The fraction of sp³-hybridized carbons (Fsp3) is 0.789. The summed E-state index contributed by atoms with van der Waals surface area (Å²) in [6.45, 7) is 5.90. The van der Waals surface area contributed by atoms with Crippen LogP contribution in [0.4, 0.5) is 0 Å². The number of nitrogens with one attached hydrogen (secondary N) is 2. The lowest BCUT2D eigenvalue weighted by molar-refractivity contribution is 0.392. The van der Waals surface area contributed by atoms with Crippen molar-refractivity contribution in [1.29, 1.82) is 0 Å². The van der Waals surface area contributed by atoms with Crippen LogP contribution in [0, 0.1) is 19.8 Å². The van der Waals surface area contributed by atoms with Gasteiger partial charge in [-0.25, -0.2) is 0 Å². The SMILES string of the molecule is CN=C(NCCCCC1CCCC1)NCCCc1c(C)noc1C. The molecule has 0 radical (unpaired) electrons. The molecule has 24 heavy (non-hydrogen) atoms. The van der Waals surface area contributed by atoms with Gasteiger partial charge in [0.15, 0.2) is 5.96 Å². The first-order valence-corrected chi connectivity index (χ1v) is 9.57. The topological polar surface area (TPSA) is 62.5 Å². The Morgan fingerprint density at radius 1 is 1.12 bits per heavy atom. The van der Waals surface area contributed by atoms with Crippen LogP contribution in [0.3, 0.4) is 0 Å². The highest BCUT2D eigenvalue weighted by Crippen LogP contribution is 2.28.